The van der Waals surface area contributed by atoms with Gasteiger partial charge in [-0.15, -0.1) is 0 Å². The van der Waals surface area contributed by atoms with Crippen molar-refractivity contribution >= 4 is 22.2 Å². The maximum Gasteiger partial charge on any atom is 0.269 e. The van der Waals surface area contributed by atoms with E-state index < -0.39 is 10.0 Å². The van der Waals surface area contributed by atoms with Gasteiger partial charge in [-0.3, -0.25) is 4.79 Å². The smallest absolute Gasteiger partial charge is 0.269 e. The molecule has 0 radical (unpaired) electrons. The van der Waals surface area contributed by atoms with Crippen LogP contribution in [0.3, 0.4) is 0 Å². The van der Waals surface area contributed by atoms with Crippen LogP contribution in [-0.2, 0) is 19.5 Å². The number of aldehydes is 1. The summed E-state index contributed by atoms with van der Waals surface area (Å²) in [7, 11) is -2.70. The average Bonchev–Trinajstić information content (AvgIpc) is 3.16. The molecule has 0 N–H and O–H groups in total. The molecule has 1 heterocycles. The fraction of sp³-hybridized carbons (Fsp3) is 0.261. The minimum atomic E-state index is -4.22. The van der Waals surface area contributed by atoms with E-state index in [0.717, 1.165) is 4.31 Å². The van der Waals surface area contributed by atoms with Crippen molar-refractivity contribution in [2.24, 2.45) is 0 Å². The quantitative estimate of drug-likeness (QED) is 0.251. The van der Waals surface area contributed by atoms with Crippen molar-refractivity contribution in [2.45, 2.75) is 18.7 Å². The number of benzene rings is 2. The fourth-order valence-corrected chi connectivity index (χ4v) is 4.72. The number of ether oxygens (including phenoxy) is 2. The lowest BCUT2D eigenvalue weighted by atomic mass is 9.98. The molecule has 0 unspecified atom stereocenters. The molecular formula is C23H23N3O6S. The topological polar surface area (TPSA) is 123 Å². The lowest BCUT2D eigenvalue weighted by molar-refractivity contribution is 0.0744. The van der Waals surface area contributed by atoms with Crippen LogP contribution in [0.5, 0.6) is 0 Å². The van der Waals surface area contributed by atoms with Crippen LogP contribution in [0.4, 0.5) is 5.88 Å². The molecule has 0 spiro atoms. The highest BCUT2D eigenvalue weighted by atomic mass is 32.2. The number of methoxy groups -OCH3 is 1. The van der Waals surface area contributed by atoms with Crippen molar-refractivity contribution in [1.29, 1.82) is 5.26 Å². The summed E-state index contributed by atoms with van der Waals surface area (Å²) in [6, 6.07) is 12.8. The number of nitrogens with zero attached hydrogens (tertiary/aromatic N) is 3. The van der Waals surface area contributed by atoms with Gasteiger partial charge in [0.25, 0.3) is 10.0 Å². The number of sulfonamides is 1. The summed E-state index contributed by atoms with van der Waals surface area (Å²) in [4.78, 5) is 11.7. The molecule has 0 amide bonds. The molecule has 172 valence electrons. The summed E-state index contributed by atoms with van der Waals surface area (Å²) in [6.45, 7) is 3.54. The third-order valence-electron chi connectivity index (χ3n) is 5.05. The van der Waals surface area contributed by atoms with E-state index in [1.165, 1.54) is 25.3 Å². The molecule has 0 saturated heterocycles. The predicted molar refractivity (Wildman–Crippen MR) is 120 cm³/mol. The number of carbonyl (C=O) groups excluding carboxylic acids is 1. The van der Waals surface area contributed by atoms with E-state index in [9.17, 15) is 13.2 Å². The molecule has 3 aromatic rings. The number of rotatable bonds is 10. The normalized spacial score (nSPS) is 11.2. The Labute approximate surface area is 192 Å². The van der Waals surface area contributed by atoms with Crippen molar-refractivity contribution in [3.8, 4) is 17.2 Å². The van der Waals surface area contributed by atoms with Crippen molar-refractivity contribution in [2.75, 3.05) is 31.4 Å². The largest absolute Gasteiger partial charge is 0.382 e. The second-order valence-electron chi connectivity index (χ2n) is 7.11. The third-order valence-corrected chi connectivity index (χ3v) is 6.82. The van der Waals surface area contributed by atoms with Crippen LogP contribution in [-0.4, -0.2) is 46.9 Å². The maximum absolute atomic E-state index is 13.9. The van der Waals surface area contributed by atoms with Gasteiger partial charge in [0.15, 0.2) is 6.29 Å². The highest BCUT2D eigenvalue weighted by Crippen LogP contribution is 2.35. The fourth-order valence-electron chi connectivity index (χ4n) is 3.17. The van der Waals surface area contributed by atoms with Gasteiger partial charge in [0.05, 0.1) is 35.4 Å². The van der Waals surface area contributed by atoms with Gasteiger partial charge in [0, 0.05) is 23.8 Å². The highest BCUT2D eigenvalue weighted by molar-refractivity contribution is 7.93. The number of aromatic nitrogens is 1. The molecule has 3 rings (SSSR count). The van der Waals surface area contributed by atoms with E-state index in [4.69, 9.17) is 19.3 Å². The molecule has 0 fully saturated rings. The summed E-state index contributed by atoms with van der Waals surface area (Å²) < 4.78 is 44.5. The second kappa shape index (κ2) is 10.4. The second-order valence-corrected chi connectivity index (χ2v) is 8.94. The van der Waals surface area contributed by atoms with Crippen LogP contribution >= 0.6 is 0 Å². The van der Waals surface area contributed by atoms with E-state index in [-0.39, 0.29) is 36.3 Å². The number of anilines is 1. The first-order valence-corrected chi connectivity index (χ1v) is 11.4. The molecule has 9 nitrogen and oxygen atoms in total. The zero-order valence-electron chi connectivity index (χ0n) is 18.4. The lowest BCUT2D eigenvalue weighted by Gasteiger charge is -2.23. The van der Waals surface area contributed by atoms with Gasteiger partial charge in [-0.25, -0.2) is 12.7 Å². The SMILES string of the molecule is COCCOCN(c1onc(C)c1C)S(=O)(=O)c1ccccc1-c1ccc(C#N)cc1C=O. The van der Waals surface area contributed by atoms with Crippen molar-refractivity contribution < 1.29 is 27.2 Å². The molecule has 1 aromatic heterocycles. The summed E-state index contributed by atoms with van der Waals surface area (Å²) in [6.07, 6.45) is 0.592. The van der Waals surface area contributed by atoms with Crippen molar-refractivity contribution in [3.63, 3.8) is 0 Å². The first kappa shape index (κ1) is 24.1. The number of hydrogen-bond donors (Lipinski definition) is 0. The Morgan fingerprint density at radius 2 is 1.91 bits per heavy atom. The first-order valence-electron chi connectivity index (χ1n) is 9.96. The Balaban J connectivity index is 2.15. The van der Waals surface area contributed by atoms with Gasteiger partial charge < -0.3 is 14.0 Å². The molecule has 0 bridgehead atoms. The van der Waals surface area contributed by atoms with Crippen LogP contribution in [0.2, 0.25) is 0 Å². The van der Waals surface area contributed by atoms with Gasteiger partial charge >= 0.3 is 0 Å². The number of hydrogen-bond acceptors (Lipinski definition) is 8. The van der Waals surface area contributed by atoms with Gasteiger partial charge in [-0.1, -0.05) is 29.4 Å². The standard InChI is InChI=1S/C23H23N3O6S/c1-16-17(2)25-32-23(16)26(15-31-11-10-30-3)33(28,29)22-7-5-4-6-21(22)20-9-8-18(13-24)12-19(20)14-27/h4-9,12,14H,10-11,15H2,1-3H3. The Morgan fingerprint density at radius 1 is 1.15 bits per heavy atom. The average molecular weight is 470 g/mol. The molecule has 10 heteroatoms. The van der Waals surface area contributed by atoms with Gasteiger partial charge in [-0.05, 0) is 37.6 Å². The van der Waals surface area contributed by atoms with Crippen LogP contribution in [0.15, 0.2) is 51.9 Å². The molecule has 0 saturated carbocycles. The van der Waals surface area contributed by atoms with E-state index in [1.54, 1.807) is 38.1 Å². The molecular weight excluding hydrogens is 446 g/mol. The van der Waals surface area contributed by atoms with E-state index >= 15 is 0 Å². The monoisotopic (exact) mass is 469 g/mol. The molecule has 33 heavy (non-hydrogen) atoms. The Bertz CT molecular complexity index is 1290. The Morgan fingerprint density at radius 3 is 2.55 bits per heavy atom. The first-order chi connectivity index (χ1) is 15.8. The summed E-state index contributed by atoms with van der Waals surface area (Å²) >= 11 is 0. The number of aryl methyl sites for hydroxylation is 1. The Kier molecular flexibility index (Phi) is 7.60. The summed E-state index contributed by atoms with van der Waals surface area (Å²) in [5.74, 6) is 0.0372. The van der Waals surface area contributed by atoms with E-state index in [1.807, 2.05) is 6.07 Å². The third kappa shape index (κ3) is 4.96. The number of carbonyl (C=O) groups is 1. The van der Waals surface area contributed by atoms with Gasteiger partial charge in [0.2, 0.25) is 5.88 Å². The summed E-state index contributed by atoms with van der Waals surface area (Å²) in [5.41, 5.74) is 2.28. The molecule has 0 atom stereocenters. The minimum Gasteiger partial charge on any atom is -0.382 e. The van der Waals surface area contributed by atoms with Crippen LogP contribution in [0.25, 0.3) is 11.1 Å². The maximum atomic E-state index is 13.9. The van der Waals surface area contributed by atoms with E-state index in [2.05, 4.69) is 5.16 Å². The zero-order valence-corrected chi connectivity index (χ0v) is 19.3. The van der Waals surface area contributed by atoms with Crippen molar-refractivity contribution in [3.05, 3.63) is 64.8 Å². The molecule has 2 aromatic carbocycles. The summed E-state index contributed by atoms with van der Waals surface area (Å²) in [5, 5.41) is 13.0. The molecule has 0 aliphatic heterocycles. The number of nitriles is 1. The van der Waals surface area contributed by atoms with Gasteiger partial charge in [-0.2, -0.15) is 5.26 Å². The van der Waals surface area contributed by atoms with Gasteiger partial charge in [0.1, 0.15) is 6.73 Å². The zero-order chi connectivity index (χ0) is 24.0. The van der Waals surface area contributed by atoms with Crippen LogP contribution in [0.1, 0.15) is 27.2 Å². The predicted octanol–water partition coefficient (Wildman–Crippen LogP) is 3.46. The van der Waals surface area contributed by atoms with Crippen LogP contribution < -0.4 is 4.31 Å². The molecule has 0 aliphatic carbocycles. The van der Waals surface area contributed by atoms with Crippen LogP contribution in [0, 0.1) is 25.2 Å². The molecule has 0 aliphatic rings. The minimum absolute atomic E-state index is 0.0372. The Hall–Kier alpha value is -3.52. The van der Waals surface area contributed by atoms with Crippen molar-refractivity contribution in [1.82, 2.24) is 5.16 Å². The van der Waals surface area contributed by atoms with E-state index in [0.29, 0.717) is 34.2 Å². The lowest BCUT2D eigenvalue weighted by Crippen LogP contribution is -2.34. The highest BCUT2D eigenvalue weighted by Gasteiger charge is 2.32.